The molecule has 0 saturated heterocycles. The van der Waals surface area contributed by atoms with Crippen molar-refractivity contribution in [2.24, 2.45) is 20.2 Å². The highest BCUT2D eigenvalue weighted by atomic mass is 35.5. The lowest BCUT2D eigenvalue weighted by Crippen LogP contribution is -2.40. The van der Waals surface area contributed by atoms with E-state index >= 15 is 0 Å². The molecule has 1 unspecified atom stereocenters. The second kappa shape index (κ2) is 11.9. The molecule has 3 aromatic rings. The van der Waals surface area contributed by atoms with Gasteiger partial charge in [0.05, 0.1) is 17.2 Å². The highest BCUT2D eigenvalue weighted by molar-refractivity contribution is 7.90. The minimum atomic E-state index is -4.28. The number of sulfonamides is 1. The van der Waals surface area contributed by atoms with Gasteiger partial charge >= 0.3 is 0 Å². The lowest BCUT2D eigenvalue weighted by molar-refractivity contribution is -0.117. The van der Waals surface area contributed by atoms with Crippen molar-refractivity contribution < 1.29 is 13.2 Å². The Labute approximate surface area is 231 Å². The molecule has 39 heavy (non-hydrogen) atoms. The number of carbonyl (C=O) groups excluding carboxylic acids is 1. The molecule has 1 amide bonds. The Bertz CT molecular complexity index is 1600. The number of carbonyl (C=O) groups is 1. The molecule has 3 N–H and O–H groups in total. The summed E-state index contributed by atoms with van der Waals surface area (Å²) in [7, 11) is -4.28. The SMILES string of the molecule is [C-]#[N+]c1ccc(S(=O)(=O)/N=C(/N=C(/N)NC(C)=O)N2CCC(c3ccccc3)C(c3ccc(Cl)cc3)=N2)cc1. The van der Waals surface area contributed by atoms with Crippen molar-refractivity contribution in [2.75, 3.05) is 6.54 Å². The fourth-order valence-electron chi connectivity index (χ4n) is 3.97. The number of hydrogen-bond donors (Lipinski definition) is 2. The lowest BCUT2D eigenvalue weighted by atomic mass is 9.86. The zero-order valence-electron chi connectivity index (χ0n) is 20.8. The minimum absolute atomic E-state index is 0.0979. The molecule has 0 fully saturated rings. The quantitative estimate of drug-likeness (QED) is 0.278. The Hall–Kier alpha value is -4.53. The zero-order valence-corrected chi connectivity index (χ0v) is 22.4. The average molecular weight is 562 g/mol. The van der Waals surface area contributed by atoms with Gasteiger partial charge in [-0.05, 0) is 29.7 Å². The number of aliphatic imine (C=N–C) groups is 1. The number of guanidine groups is 2. The third-order valence-corrected chi connectivity index (χ3v) is 7.27. The van der Waals surface area contributed by atoms with Crippen LogP contribution in [0.15, 0.2) is 98.2 Å². The maximum Gasteiger partial charge on any atom is 0.285 e. The van der Waals surface area contributed by atoms with E-state index in [0.717, 1.165) is 11.1 Å². The summed E-state index contributed by atoms with van der Waals surface area (Å²) in [5, 5.41) is 9.01. The molecule has 0 saturated carbocycles. The Morgan fingerprint density at radius 2 is 1.77 bits per heavy atom. The van der Waals surface area contributed by atoms with Crippen LogP contribution in [0.1, 0.15) is 30.4 Å². The Balaban J connectivity index is 1.83. The predicted octanol–water partition coefficient (Wildman–Crippen LogP) is 4.28. The van der Waals surface area contributed by atoms with Crippen molar-refractivity contribution in [3.05, 3.63) is 106 Å². The topological polar surface area (TPSA) is 134 Å². The summed E-state index contributed by atoms with van der Waals surface area (Å²) in [6.45, 7) is 8.59. The van der Waals surface area contributed by atoms with Gasteiger partial charge in [0.1, 0.15) is 0 Å². The van der Waals surface area contributed by atoms with E-state index in [9.17, 15) is 13.2 Å². The Morgan fingerprint density at radius 1 is 1.10 bits per heavy atom. The van der Waals surface area contributed by atoms with Crippen LogP contribution in [0, 0.1) is 6.57 Å². The van der Waals surface area contributed by atoms with E-state index in [2.05, 4.69) is 19.6 Å². The molecule has 0 aromatic heterocycles. The summed E-state index contributed by atoms with van der Waals surface area (Å²) in [4.78, 5) is 18.8. The average Bonchev–Trinajstić information content (AvgIpc) is 2.93. The zero-order chi connectivity index (χ0) is 28.0. The second-order valence-electron chi connectivity index (χ2n) is 8.52. The molecular formula is C27H24ClN7O3S. The summed E-state index contributed by atoms with van der Waals surface area (Å²) in [6.07, 6.45) is 0.555. The maximum atomic E-state index is 13.2. The van der Waals surface area contributed by atoms with E-state index < -0.39 is 15.9 Å². The molecular weight excluding hydrogens is 538 g/mol. The smallest absolute Gasteiger partial charge is 0.285 e. The molecule has 1 aliphatic rings. The van der Waals surface area contributed by atoms with Crippen LogP contribution in [0.2, 0.25) is 5.02 Å². The van der Waals surface area contributed by atoms with E-state index in [0.29, 0.717) is 17.2 Å². The molecule has 3 aromatic carbocycles. The van der Waals surface area contributed by atoms with Gasteiger partial charge in [-0.15, -0.1) is 4.40 Å². The Morgan fingerprint density at radius 3 is 2.38 bits per heavy atom. The molecule has 0 aliphatic carbocycles. The molecule has 1 atom stereocenters. The highest BCUT2D eigenvalue weighted by Crippen LogP contribution is 2.30. The van der Waals surface area contributed by atoms with E-state index in [1.807, 2.05) is 42.5 Å². The normalized spacial score (nSPS) is 16.3. The maximum absolute atomic E-state index is 13.2. The fourth-order valence-corrected chi connectivity index (χ4v) is 5.03. The Kier molecular flexibility index (Phi) is 8.39. The summed E-state index contributed by atoms with van der Waals surface area (Å²) < 4.78 is 30.4. The number of hydrogen-bond acceptors (Lipinski definition) is 4. The first kappa shape index (κ1) is 27.5. The van der Waals surface area contributed by atoms with Gasteiger partial charge < -0.3 is 5.73 Å². The van der Waals surface area contributed by atoms with Gasteiger partial charge in [-0.3, -0.25) is 10.1 Å². The number of nitrogens with zero attached hydrogens (tertiary/aromatic N) is 5. The first-order valence-corrected chi connectivity index (χ1v) is 13.6. The van der Waals surface area contributed by atoms with Gasteiger partial charge in [-0.25, -0.2) is 9.85 Å². The molecule has 10 nitrogen and oxygen atoms in total. The van der Waals surface area contributed by atoms with Crippen molar-refractivity contribution in [1.82, 2.24) is 10.3 Å². The van der Waals surface area contributed by atoms with Crippen molar-refractivity contribution in [1.29, 1.82) is 0 Å². The van der Waals surface area contributed by atoms with Crippen LogP contribution >= 0.6 is 11.6 Å². The van der Waals surface area contributed by atoms with E-state index in [4.69, 9.17) is 29.0 Å². The van der Waals surface area contributed by atoms with Crippen LogP contribution in [0.5, 0.6) is 0 Å². The molecule has 1 aliphatic heterocycles. The molecule has 198 valence electrons. The molecule has 0 spiro atoms. The van der Waals surface area contributed by atoms with Crippen LogP contribution in [0.4, 0.5) is 5.69 Å². The number of rotatable bonds is 4. The summed E-state index contributed by atoms with van der Waals surface area (Å²) in [6, 6.07) is 22.3. The van der Waals surface area contributed by atoms with E-state index in [-0.39, 0.29) is 35.0 Å². The van der Waals surface area contributed by atoms with Crippen LogP contribution in [-0.4, -0.2) is 43.5 Å². The first-order chi connectivity index (χ1) is 18.7. The first-order valence-electron chi connectivity index (χ1n) is 11.8. The highest BCUT2D eigenvalue weighted by Gasteiger charge is 2.29. The monoisotopic (exact) mass is 561 g/mol. The predicted molar refractivity (Wildman–Crippen MR) is 151 cm³/mol. The third kappa shape index (κ3) is 6.87. The summed E-state index contributed by atoms with van der Waals surface area (Å²) in [5.74, 6) is -1.25. The van der Waals surface area contributed by atoms with Crippen LogP contribution in [0.25, 0.3) is 4.85 Å². The number of hydrazone groups is 1. The molecule has 4 rings (SSSR count). The summed E-state index contributed by atoms with van der Waals surface area (Å²) in [5.41, 5.74) is 8.64. The number of benzene rings is 3. The van der Waals surface area contributed by atoms with Gasteiger partial charge in [0.15, 0.2) is 5.69 Å². The van der Waals surface area contributed by atoms with Gasteiger partial charge in [0.2, 0.25) is 11.9 Å². The van der Waals surface area contributed by atoms with Crippen molar-refractivity contribution in [2.45, 2.75) is 24.2 Å². The number of halogens is 1. The van der Waals surface area contributed by atoms with Gasteiger partial charge in [0, 0.05) is 24.4 Å². The van der Waals surface area contributed by atoms with Gasteiger partial charge in [0.25, 0.3) is 16.0 Å². The van der Waals surface area contributed by atoms with Gasteiger partial charge in [-0.1, -0.05) is 78.3 Å². The largest absolute Gasteiger partial charge is 0.369 e. The van der Waals surface area contributed by atoms with Crippen LogP contribution < -0.4 is 11.1 Å². The van der Waals surface area contributed by atoms with E-state index in [1.165, 1.54) is 36.2 Å². The van der Waals surface area contributed by atoms with Crippen LogP contribution in [-0.2, 0) is 14.8 Å². The molecule has 1 heterocycles. The van der Waals surface area contributed by atoms with Crippen molar-refractivity contribution >= 4 is 50.8 Å². The molecule has 0 radical (unpaired) electrons. The van der Waals surface area contributed by atoms with Crippen LogP contribution in [0.3, 0.4) is 0 Å². The number of nitrogens with one attached hydrogen (secondary N) is 1. The number of nitrogens with two attached hydrogens (primary N) is 1. The van der Waals surface area contributed by atoms with Gasteiger partial charge in [-0.2, -0.15) is 18.5 Å². The number of amides is 1. The van der Waals surface area contributed by atoms with E-state index in [1.54, 1.807) is 12.1 Å². The summed E-state index contributed by atoms with van der Waals surface area (Å²) >= 11 is 6.11. The molecule has 12 heteroatoms. The standard InChI is InChI=1S/C27H24ClN7O3S/c1-18(36)31-26(29)32-27(34-39(37,38)23-14-12-22(30-2)13-15-23)35-17-16-24(19-6-4-3-5-7-19)25(33-35)20-8-10-21(28)11-9-20/h3-15,24H,16-17H2,1H3,(H3,29,31,32,34,36). The lowest BCUT2D eigenvalue weighted by Gasteiger charge is -2.30. The fraction of sp³-hybridized carbons (Fsp3) is 0.148. The molecule has 0 bridgehead atoms. The third-order valence-electron chi connectivity index (χ3n) is 5.75. The second-order valence-corrected chi connectivity index (χ2v) is 10.6. The minimum Gasteiger partial charge on any atom is -0.369 e. The van der Waals surface area contributed by atoms with Crippen molar-refractivity contribution in [3.63, 3.8) is 0 Å². The van der Waals surface area contributed by atoms with Crippen molar-refractivity contribution in [3.8, 4) is 0 Å².